The Bertz CT molecular complexity index is 3890. The minimum atomic E-state index is -0.0734. The van der Waals surface area contributed by atoms with Gasteiger partial charge in [0.25, 0.3) is 6.71 Å². The van der Waals surface area contributed by atoms with Gasteiger partial charge in [-0.15, -0.1) is 11.3 Å². The number of anilines is 8. The molecule has 3 nitrogen and oxygen atoms in total. The van der Waals surface area contributed by atoms with Crippen molar-refractivity contribution in [2.24, 2.45) is 0 Å². The molecule has 0 radical (unpaired) electrons. The van der Waals surface area contributed by atoms with Crippen LogP contribution in [0.25, 0.3) is 31.3 Å². The Morgan fingerprint density at radius 1 is 0.429 bits per heavy atom. The summed E-state index contributed by atoms with van der Waals surface area (Å²) >= 11 is 1.94. The van der Waals surface area contributed by atoms with Crippen molar-refractivity contribution in [3.63, 3.8) is 0 Å². The van der Waals surface area contributed by atoms with Crippen molar-refractivity contribution in [3.8, 4) is 11.1 Å². The van der Waals surface area contributed by atoms with E-state index < -0.39 is 0 Å². The van der Waals surface area contributed by atoms with Gasteiger partial charge in [-0.3, -0.25) is 0 Å². The first-order valence-electron chi connectivity index (χ1n) is 29.0. The summed E-state index contributed by atoms with van der Waals surface area (Å²) in [7, 11) is 0. The van der Waals surface area contributed by atoms with Crippen molar-refractivity contribution < 1.29 is 0 Å². The number of nitrogens with zero attached hydrogens (tertiary/aromatic N) is 3. The van der Waals surface area contributed by atoms with E-state index in [0.717, 1.165) is 0 Å². The number of para-hydroxylation sites is 1. The molecular weight excluding hydrogens is 950 g/mol. The van der Waals surface area contributed by atoms with Crippen molar-refractivity contribution >= 4 is 100 Å². The molecule has 0 saturated heterocycles. The maximum Gasteiger partial charge on any atom is 0.252 e. The largest absolute Gasteiger partial charge is 0.335 e. The Kier molecular flexibility index (Phi) is 9.92. The zero-order valence-electron chi connectivity index (χ0n) is 47.0. The van der Waals surface area contributed by atoms with Gasteiger partial charge in [0, 0.05) is 60.7 Å². The van der Waals surface area contributed by atoms with Crippen LogP contribution in [0.2, 0.25) is 0 Å². The average molecular weight is 1020 g/mol. The highest BCUT2D eigenvalue weighted by Gasteiger charge is 2.61. The molecule has 2 unspecified atom stereocenters. The lowest BCUT2D eigenvalue weighted by Gasteiger charge is -2.53. The normalized spacial score (nSPS) is 22.4. The number of fused-ring (bicyclic) bond motifs is 12. The van der Waals surface area contributed by atoms with Gasteiger partial charge in [-0.1, -0.05) is 172 Å². The molecule has 77 heavy (non-hydrogen) atoms. The SMILES string of the molecule is CC1(C)CCC(C)(C)c2cc(N(c3ccc4c(c3)N(c3cccc5c3sc3ccccc35)c3cc(-c5ccccc5)cc5c3B4c3cccc4c3N5C3(C)CCCCC43C)c3ccc4c(c3)C(C)(C)CCC4(C)C)ccc21. The summed E-state index contributed by atoms with van der Waals surface area (Å²) in [6.07, 6.45) is 9.60. The summed E-state index contributed by atoms with van der Waals surface area (Å²) in [6, 6.07) is 62.5. The third-order valence-electron chi connectivity index (χ3n) is 21.1. The molecule has 0 N–H and O–H groups in total. The third-order valence-corrected chi connectivity index (χ3v) is 22.3. The van der Waals surface area contributed by atoms with Crippen molar-refractivity contribution in [2.75, 3.05) is 14.7 Å². The lowest BCUT2D eigenvalue weighted by atomic mass is 9.33. The second-order valence-electron chi connectivity index (χ2n) is 27.3. The summed E-state index contributed by atoms with van der Waals surface area (Å²) < 4.78 is 2.65. The number of benzene rings is 8. The van der Waals surface area contributed by atoms with Gasteiger partial charge in [0.2, 0.25) is 0 Å². The second kappa shape index (κ2) is 16.0. The average Bonchev–Trinajstić information content (AvgIpc) is 4.17. The summed E-state index contributed by atoms with van der Waals surface area (Å²) in [6.45, 7) is 25.0. The number of thiophene rings is 1. The highest BCUT2D eigenvalue weighted by molar-refractivity contribution is 7.26. The molecule has 0 amide bonds. The van der Waals surface area contributed by atoms with E-state index in [1.165, 1.54) is 172 Å². The fraction of sp³-hybridized carbons (Fsp3) is 0.333. The van der Waals surface area contributed by atoms with E-state index in [4.69, 9.17) is 0 Å². The van der Waals surface area contributed by atoms with Gasteiger partial charge in [0.1, 0.15) is 0 Å². The first-order chi connectivity index (χ1) is 36.9. The van der Waals surface area contributed by atoms with Gasteiger partial charge in [0.05, 0.1) is 15.9 Å². The van der Waals surface area contributed by atoms with E-state index in [-0.39, 0.29) is 39.3 Å². The maximum atomic E-state index is 2.88. The molecular formula is C72H72BN3S. The molecule has 1 saturated carbocycles. The van der Waals surface area contributed by atoms with Crippen LogP contribution in [-0.2, 0) is 27.1 Å². The van der Waals surface area contributed by atoms with Crippen molar-refractivity contribution in [1.82, 2.24) is 0 Å². The standard InChI is InChI=1S/C72H72BN3S/c1-67(2)36-38-69(5,6)55-42-47(28-31-52(55)67)74(48-29-32-53-56(43-48)70(7,8)39-37-68(53,3)4)49-30-33-57-60(44-49)75(59-26-18-23-51-50-22-14-15-27-63(50)77-66(51)59)61-40-46(45-20-12-11-13-21-45)41-62-64(61)73(57)58-25-19-24-54-65(58)76(62)72(10)35-17-16-34-71(54,72)9/h11-15,18-33,40-44H,16-17,34-39H2,1-10H3. The molecule has 6 aliphatic rings. The minimum Gasteiger partial charge on any atom is -0.335 e. The molecule has 2 atom stereocenters. The van der Waals surface area contributed by atoms with Gasteiger partial charge in [-0.05, 0) is 183 Å². The fourth-order valence-electron chi connectivity index (χ4n) is 16.2. The van der Waals surface area contributed by atoms with E-state index in [1.807, 2.05) is 11.3 Å². The molecule has 4 heterocycles. The van der Waals surface area contributed by atoms with Gasteiger partial charge in [-0.25, -0.2) is 0 Å². The highest BCUT2D eigenvalue weighted by Crippen LogP contribution is 2.62. The molecule has 0 spiro atoms. The van der Waals surface area contributed by atoms with Gasteiger partial charge in [-0.2, -0.15) is 0 Å². The minimum absolute atomic E-state index is 0.0204. The lowest BCUT2D eigenvalue weighted by Crippen LogP contribution is -2.64. The molecule has 9 aromatic rings. The molecule has 384 valence electrons. The van der Waals surface area contributed by atoms with Crippen LogP contribution in [0.5, 0.6) is 0 Å². The monoisotopic (exact) mass is 1020 g/mol. The number of hydrogen-bond donors (Lipinski definition) is 0. The first kappa shape index (κ1) is 47.6. The number of hydrogen-bond acceptors (Lipinski definition) is 4. The van der Waals surface area contributed by atoms with E-state index in [9.17, 15) is 0 Å². The molecule has 3 aliphatic carbocycles. The summed E-state index contributed by atoms with van der Waals surface area (Å²) in [5.74, 6) is 0. The van der Waals surface area contributed by atoms with Crippen LogP contribution in [0.15, 0.2) is 158 Å². The molecule has 8 aromatic carbocycles. The fourth-order valence-corrected chi connectivity index (χ4v) is 17.5. The zero-order valence-corrected chi connectivity index (χ0v) is 47.8. The Balaban J connectivity index is 1.05. The second-order valence-corrected chi connectivity index (χ2v) is 28.3. The Hall–Kier alpha value is -6.56. The third kappa shape index (κ3) is 6.56. The van der Waals surface area contributed by atoms with Crippen molar-refractivity contribution in [2.45, 2.75) is 153 Å². The van der Waals surface area contributed by atoms with Crippen LogP contribution in [0.1, 0.15) is 148 Å². The Labute approximate surface area is 462 Å². The molecule has 1 aromatic heterocycles. The van der Waals surface area contributed by atoms with E-state index in [0.29, 0.717) is 0 Å². The highest BCUT2D eigenvalue weighted by atomic mass is 32.1. The van der Waals surface area contributed by atoms with Crippen molar-refractivity contribution in [3.05, 3.63) is 186 Å². The van der Waals surface area contributed by atoms with Crippen molar-refractivity contribution in [1.29, 1.82) is 0 Å². The van der Waals surface area contributed by atoms with E-state index in [2.05, 4.69) is 242 Å². The van der Waals surface area contributed by atoms with E-state index >= 15 is 0 Å². The molecule has 5 heteroatoms. The quantitative estimate of drug-likeness (QED) is 0.159. The predicted molar refractivity (Wildman–Crippen MR) is 332 cm³/mol. The van der Waals surface area contributed by atoms with Gasteiger partial charge < -0.3 is 14.7 Å². The zero-order chi connectivity index (χ0) is 52.8. The predicted octanol–water partition coefficient (Wildman–Crippen LogP) is 18.2. The summed E-state index contributed by atoms with van der Waals surface area (Å²) in [5, 5.41) is 2.64. The van der Waals surface area contributed by atoms with E-state index in [1.54, 1.807) is 0 Å². The molecule has 1 fully saturated rings. The Morgan fingerprint density at radius 3 is 1.71 bits per heavy atom. The Morgan fingerprint density at radius 2 is 1.01 bits per heavy atom. The first-order valence-corrected chi connectivity index (χ1v) is 29.8. The van der Waals surface area contributed by atoms with Crippen LogP contribution in [-0.4, -0.2) is 12.3 Å². The molecule has 0 bridgehead atoms. The molecule has 3 aliphatic heterocycles. The van der Waals surface area contributed by atoms with Gasteiger partial charge >= 0.3 is 0 Å². The summed E-state index contributed by atoms with van der Waals surface area (Å²) in [4.78, 5) is 8.24. The number of rotatable bonds is 5. The maximum absolute atomic E-state index is 2.88. The molecule has 15 rings (SSSR count). The van der Waals surface area contributed by atoms with Crippen LogP contribution >= 0.6 is 11.3 Å². The topological polar surface area (TPSA) is 9.72 Å². The smallest absolute Gasteiger partial charge is 0.252 e. The summed E-state index contributed by atoms with van der Waals surface area (Å²) in [5.41, 5.74) is 24.8. The van der Waals surface area contributed by atoms with Crippen LogP contribution in [0, 0.1) is 0 Å². The lowest BCUT2D eigenvalue weighted by molar-refractivity contribution is 0.195. The van der Waals surface area contributed by atoms with Crippen LogP contribution < -0.4 is 31.1 Å². The van der Waals surface area contributed by atoms with Gasteiger partial charge in [0.15, 0.2) is 0 Å². The van der Waals surface area contributed by atoms with Crippen LogP contribution in [0.3, 0.4) is 0 Å². The van der Waals surface area contributed by atoms with Crippen LogP contribution in [0.4, 0.5) is 45.5 Å².